The minimum atomic E-state index is -0.725. The quantitative estimate of drug-likeness (QED) is 0.652. The van der Waals surface area contributed by atoms with Crippen molar-refractivity contribution in [3.05, 3.63) is 28.8 Å². The molecule has 0 aromatic heterocycles. The molecule has 0 heterocycles. The van der Waals surface area contributed by atoms with Gasteiger partial charge in [-0.15, -0.1) is 0 Å². The van der Waals surface area contributed by atoms with E-state index in [1.54, 1.807) is 39.0 Å². The lowest BCUT2D eigenvalue weighted by Gasteiger charge is -2.19. The highest BCUT2D eigenvalue weighted by Gasteiger charge is 2.17. The van der Waals surface area contributed by atoms with Crippen molar-refractivity contribution in [1.82, 2.24) is 0 Å². The predicted molar refractivity (Wildman–Crippen MR) is 66.9 cm³/mol. The Morgan fingerprint density at radius 3 is 2.65 bits per heavy atom. The number of benzene rings is 1. The monoisotopic (exact) mass is 257 g/mol. The molecule has 0 unspecified atom stereocenters. The van der Waals surface area contributed by atoms with E-state index in [0.717, 1.165) is 0 Å². The summed E-state index contributed by atoms with van der Waals surface area (Å²) in [7, 11) is 0. The summed E-state index contributed by atoms with van der Waals surface area (Å²) in [5, 5.41) is 0.544. The lowest BCUT2D eigenvalue weighted by atomic mass is 10.2. The highest BCUT2D eigenvalue weighted by Crippen LogP contribution is 2.19. The third-order valence-electron chi connectivity index (χ3n) is 1.84. The predicted octanol–water partition coefficient (Wildman–Crippen LogP) is 3.37. The van der Waals surface area contributed by atoms with E-state index in [1.807, 2.05) is 0 Å². The number of hydrogen-bond donors (Lipinski definition) is 1. The molecule has 0 radical (unpaired) electrons. The minimum Gasteiger partial charge on any atom is -0.429 e. The van der Waals surface area contributed by atoms with Crippen molar-refractivity contribution in [2.45, 2.75) is 33.0 Å². The largest absolute Gasteiger partial charge is 0.509 e. The van der Waals surface area contributed by atoms with Crippen LogP contribution in [0, 0.1) is 0 Å². The first-order valence-corrected chi connectivity index (χ1v) is 5.55. The Balaban J connectivity index is 2.56. The maximum Gasteiger partial charge on any atom is 0.509 e. The van der Waals surface area contributed by atoms with Crippen LogP contribution < -0.4 is 5.73 Å². The van der Waals surface area contributed by atoms with Crippen LogP contribution in [-0.2, 0) is 16.1 Å². The number of anilines is 1. The third-order valence-corrected chi connectivity index (χ3v) is 2.08. The van der Waals surface area contributed by atoms with Gasteiger partial charge in [0.2, 0.25) is 0 Å². The first-order chi connectivity index (χ1) is 7.78. The minimum absolute atomic E-state index is 0.0430. The van der Waals surface area contributed by atoms with Crippen LogP contribution in [0.25, 0.3) is 0 Å². The molecule has 0 aliphatic rings. The molecule has 17 heavy (non-hydrogen) atoms. The van der Waals surface area contributed by atoms with E-state index in [9.17, 15) is 4.79 Å². The van der Waals surface area contributed by atoms with Crippen molar-refractivity contribution in [3.8, 4) is 0 Å². The molecule has 1 aromatic carbocycles. The summed E-state index contributed by atoms with van der Waals surface area (Å²) in [4.78, 5) is 11.3. The normalized spacial score (nSPS) is 11.1. The molecule has 0 saturated heterocycles. The first-order valence-electron chi connectivity index (χ1n) is 5.17. The van der Waals surface area contributed by atoms with Crippen LogP contribution in [0.1, 0.15) is 26.3 Å². The molecule has 0 atom stereocenters. The van der Waals surface area contributed by atoms with Crippen LogP contribution in [-0.4, -0.2) is 11.8 Å². The highest BCUT2D eigenvalue weighted by molar-refractivity contribution is 6.30. The van der Waals surface area contributed by atoms with Gasteiger partial charge < -0.3 is 15.2 Å². The molecule has 0 aliphatic heterocycles. The maximum atomic E-state index is 11.3. The molecule has 0 spiro atoms. The fraction of sp³-hybridized carbons (Fsp3) is 0.417. The number of nitrogen functional groups attached to an aromatic ring is 1. The third kappa shape index (κ3) is 4.95. The lowest BCUT2D eigenvalue weighted by molar-refractivity contribution is -0.0107. The van der Waals surface area contributed by atoms with E-state index in [0.29, 0.717) is 16.3 Å². The molecule has 0 bridgehead atoms. The molecular weight excluding hydrogens is 242 g/mol. The van der Waals surface area contributed by atoms with Crippen molar-refractivity contribution in [2.24, 2.45) is 0 Å². The van der Waals surface area contributed by atoms with E-state index in [4.69, 9.17) is 26.8 Å². The van der Waals surface area contributed by atoms with Crippen molar-refractivity contribution in [3.63, 3.8) is 0 Å². The summed E-state index contributed by atoms with van der Waals surface area (Å²) in [6.07, 6.45) is -0.725. The molecule has 1 rings (SSSR count). The molecule has 94 valence electrons. The maximum absolute atomic E-state index is 11.3. The van der Waals surface area contributed by atoms with E-state index in [2.05, 4.69) is 0 Å². The number of hydrogen-bond acceptors (Lipinski definition) is 4. The van der Waals surface area contributed by atoms with Gasteiger partial charge in [0.15, 0.2) is 0 Å². The number of carbonyl (C=O) groups excluding carboxylic acids is 1. The Labute approximate surface area is 106 Å². The van der Waals surface area contributed by atoms with E-state index >= 15 is 0 Å². The highest BCUT2D eigenvalue weighted by atomic mass is 35.5. The first kappa shape index (κ1) is 13.6. The summed E-state index contributed by atoms with van der Waals surface area (Å²) in [5.74, 6) is 0. The fourth-order valence-corrected chi connectivity index (χ4v) is 1.31. The number of ether oxygens (including phenoxy) is 2. The smallest absolute Gasteiger partial charge is 0.429 e. The van der Waals surface area contributed by atoms with E-state index in [-0.39, 0.29) is 6.61 Å². The van der Waals surface area contributed by atoms with Crippen LogP contribution in [0.15, 0.2) is 18.2 Å². The Kier molecular flexibility index (Phi) is 4.23. The van der Waals surface area contributed by atoms with Gasteiger partial charge in [0.25, 0.3) is 0 Å². The number of nitrogens with two attached hydrogens (primary N) is 1. The topological polar surface area (TPSA) is 61.5 Å². The average Bonchev–Trinajstić information content (AvgIpc) is 2.17. The van der Waals surface area contributed by atoms with Gasteiger partial charge in [-0.1, -0.05) is 11.6 Å². The van der Waals surface area contributed by atoms with Gasteiger partial charge in [-0.05, 0) is 39.0 Å². The summed E-state index contributed by atoms with van der Waals surface area (Å²) < 4.78 is 9.93. The Hall–Kier alpha value is -1.42. The summed E-state index contributed by atoms with van der Waals surface area (Å²) in [6, 6.07) is 4.99. The second-order valence-corrected chi connectivity index (χ2v) is 5.03. The zero-order valence-corrected chi connectivity index (χ0v) is 10.9. The van der Waals surface area contributed by atoms with Crippen molar-refractivity contribution in [1.29, 1.82) is 0 Å². The van der Waals surface area contributed by atoms with Gasteiger partial charge in [-0.2, -0.15) is 0 Å². The van der Waals surface area contributed by atoms with Crippen molar-refractivity contribution >= 4 is 23.4 Å². The lowest BCUT2D eigenvalue weighted by Crippen LogP contribution is -2.24. The van der Waals surface area contributed by atoms with Crippen LogP contribution in [0.5, 0.6) is 0 Å². The molecule has 5 heteroatoms. The number of carbonyl (C=O) groups is 1. The second kappa shape index (κ2) is 5.27. The molecule has 0 amide bonds. The second-order valence-electron chi connectivity index (χ2n) is 4.60. The standard InChI is InChI=1S/C12H16ClNO3/c1-12(2,3)17-11(15)16-7-8-6-9(13)4-5-10(8)14/h4-6H,7,14H2,1-3H3. The molecule has 1 aromatic rings. The van der Waals surface area contributed by atoms with Gasteiger partial charge in [-0.3, -0.25) is 0 Å². The van der Waals surface area contributed by atoms with Gasteiger partial charge in [0.1, 0.15) is 12.2 Å². The van der Waals surface area contributed by atoms with E-state index < -0.39 is 11.8 Å². The molecule has 0 fully saturated rings. The number of rotatable bonds is 2. The van der Waals surface area contributed by atoms with Crippen LogP contribution in [0.3, 0.4) is 0 Å². The summed E-state index contributed by atoms with van der Waals surface area (Å²) >= 11 is 5.81. The molecule has 0 aliphatic carbocycles. The van der Waals surface area contributed by atoms with Crippen LogP contribution >= 0.6 is 11.6 Å². The van der Waals surface area contributed by atoms with Gasteiger partial charge in [0.05, 0.1) is 0 Å². The van der Waals surface area contributed by atoms with E-state index in [1.165, 1.54) is 0 Å². The van der Waals surface area contributed by atoms with Crippen molar-refractivity contribution < 1.29 is 14.3 Å². The SMILES string of the molecule is CC(C)(C)OC(=O)OCc1cc(Cl)ccc1N. The summed E-state index contributed by atoms with van der Waals surface area (Å²) in [6.45, 7) is 5.34. The average molecular weight is 258 g/mol. The zero-order chi connectivity index (χ0) is 13.1. The Morgan fingerprint density at radius 1 is 1.41 bits per heavy atom. The van der Waals surface area contributed by atoms with Gasteiger partial charge in [0, 0.05) is 16.3 Å². The summed E-state index contributed by atoms with van der Waals surface area (Å²) in [5.41, 5.74) is 6.32. The van der Waals surface area contributed by atoms with Crippen LogP contribution in [0.2, 0.25) is 5.02 Å². The molecular formula is C12H16ClNO3. The Morgan fingerprint density at radius 2 is 2.06 bits per heavy atom. The van der Waals surface area contributed by atoms with Crippen molar-refractivity contribution in [2.75, 3.05) is 5.73 Å². The van der Waals surface area contributed by atoms with Crippen LogP contribution in [0.4, 0.5) is 10.5 Å². The molecule has 2 N–H and O–H groups in total. The molecule has 0 saturated carbocycles. The fourth-order valence-electron chi connectivity index (χ4n) is 1.12. The van der Waals surface area contributed by atoms with Gasteiger partial charge >= 0.3 is 6.16 Å². The number of halogens is 1. The van der Waals surface area contributed by atoms with Gasteiger partial charge in [-0.25, -0.2) is 4.79 Å². The zero-order valence-electron chi connectivity index (χ0n) is 10.1. The molecule has 4 nitrogen and oxygen atoms in total. The Bertz CT molecular complexity index is 413.